The van der Waals surface area contributed by atoms with E-state index in [2.05, 4.69) is 141 Å². The minimum atomic E-state index is -0.346. The number of benzene rings is 3. The van der Waals surface area contributed by atoms with Crippen LogP contribution in [0.25, 0.3) is 17.5 Å². The predicted octanol–water partition coefficient (Wildman–Crippen LogP) is 10.3. The molecule has 44 heavy (non-hydrogen) atoms. The quantitative estimate of drug-likeness (QED) is 0.216. The molecule has 3 aliphatic rings. The fourth-order valence-corrected chi connectivity index (χ4v) is 6.01. The summed E-state index contributed by atoms with van der Waals surface area (Å²) in [5.74, 6) is 0. The number of aryl methyl sites for hydroxylation is 6. The fraction of sp³-hybridized carbons (Fsp3) is 0.333. The van der Waals surface area contributed by atoms with Crippen LogP contribution in [0.5, 0.6) is 0 Å². The Kier molecular flexibility index (Phi) is 14.6. The van der Waals surface area contributed by atoms with Gasteiger partial charge in [-0.25, -0.2) is 7.11 Å². The van der Waals surface area contributed by atoms with Gasteiger partial charge < -0.3 is 25.2 Å². The van der Waals surface area contributed by atoms with E-state index in [1.165, 1.54) is 61.6 Å². The van der Waals surface area contributed by atoms with E-state index in [-0.39, 0.29) is 15.1 Å². The molecular weight excluding hydrogens is 676 g/mol. The molecular formula is C36H45Cl2N4ORu-3. The van der Waals surface area contributed by atoms with Crippen LogP contribution in [0.2, 0.25) is 0 Å². The molecule has 0 amide bonds. The Morgan fingerprint density at radius 2 is 1.30 bits per heavy atom. The Morgan fingerprint density at radius 1 is 0.841 bits per heavy atom. The molecule has 0 radical (unpaired) electrons. The molecule has 3 aromatic carbocycles. The van der Waals surface area contributed by atoms with Gasteiger partial charge in [-0.1, -0.05) is 65.8 Å². The molecule has 3 heterocycles. The first kappa shape index (κ1) is 36.0. The molecule has 0 saturated carbocycles. The zero-order chi connectivity index (χ0) is 32.2. The van der Waals surface area contributed by atoms with Crippen LogP contribution in [0.1, 0.15) is 51.4 Å². The molecule has 3 aliphatic heterocycles. The van der Waals surface area contributed by atoms with Gasteiger partial charge in [-0.05, 0) is 81.8 Å². The van der Waals surface area contributed by atoms with Gasteiger partial charge in [0.25, 0.3) is 0 Å². The number of nitrogens with one attached hydrogen (secondary N) is 1. The zero-order valence-corrected chi connectivity index (χ0v) is 30.2. The molecule has 8 heteroatoms. The SMILES string of the molecule is C1=Cc2ccc3c(c2[N-]C1)NCC=C3.Cc1cc(C)c(N2[CH-]N(c3c(C)cc(C)cc3C)CC2)c(C)c1.[CH2-]OCC.[Cl][Ru][Cl]. The first-order valence-electron chi connectivity index (χ1n) is 14.8. The van der Waals surface area contributed by atoms with E-state index in [1.54, 1.807) is 0 Å². The average Bonchev–Trinajstić information content (AvgIpc) is 3.46. The van der Waals surface area contributed by atoms with Gasteiger partial charge in [-0.15, -0.1) is 18.3 Å². The van der Waals surface area contributed by atoms with Gasteiger partial charge in [0.2, 0.25) is 0 Å². The number of anilines is 3. The third kappa shape index (κ3) is 9.50. The molecule has 1 fully saturated rings. The molecule has 0 unspecified atom stereocenters. The van der Waals surface area contributed by atoms with Crippen molar-refractivity contribution in [3.8, 4) is 0 Å². The van der Waals surface area contributed by atoms with E-state index in [9.17, 15) is 0 Å². The van der Waals surface area contributed by atoms with Crippen molar-refractivity contribution >= 4 is 54.3 Å². The van der Waals surface area contributed by atoms with Crippen molar-refractivity contribution in [2.45, 2.75) is 48.5 Å². The zero-order valence-electron chi connectivity index (χ0n) is 27.0. The maximum absolute atomic E-state index is 4.85. The van der Waals surface area contributed by atoms with Crippen molar-refractivity contribution in [1.29, 1.82) is 0 Å². The van der Waals surface area contributed by atoms with Gasteiger partial charge in [0.15, 0.2) is 0 Å². The summed E-state index contributed by atoms with van der Waals surface area (Å²) in [6.07, 6.45) is 8.52. The molecule has 1 saturated heterocycles. The summed E-state index contributed by atoms with van der Waals surface area (Å²) in [4.78, 5) is 4.81. The summed E-state index contributed by atoms with van der Waals surface area (Å²) in [7, 11) is 12.8. The number of ether oxygens (including phenoxy) is 1. The van der Waals surface area contributed by atoms with Crippen molar-refractivity contribution in [1.82, 2.24) is 0 Å². The number of hydrogen-bond acceptors (Lipinski definition) is 4. The Morgan fingerprint density at radius 3 is 1.77 bits per heavy atom. The van der Waals surface area contributed by atoms with Gasteiger partial charge in [-0.3, -0.25) is 0 Å². The maximum atomic E-state index is 4.85. The molecule has 0 bridgehead atoms. The summed E-state index contributed by atoms with van der Waals surface area (Å²) in [6.45, 7) is 21.9. The van der Waals surface area contributed by atoms with Crippen LogP contribution in [0.4, 0.5) is 22.7 Å². The summed E-state index contributed by atoms with van der Waals surface area (Å²) in [6, 6.07) is 13.4. The van der Waals surface area contributed by atoms with E-state index >= 15 is 0 Å². The molecule has 6 rings (SSSR count). The second-order valence-corrected chi connectivity index (χ2v) is 13.7. The van der Waals surface area contributed by atoms with Gasteiger partial charge in [0.05, 0.1) is 0 Å². The molecule has 1 N–H and O–H groups in total. The van der Waals surface area contributed by atoms with Gasteiger partial charge in [0, 0.05) is 43.3 Å². The number of rotatable bonds is 3. The minimum absolute atomic E-state index is 0.346. The van der Waals surface area contributed by atoms with Crippen molar-refractivity contribution in [2.24, 2.45) is 0 Å². The Bertz CT molecular complexity index is 1300. The molecule has 240 valence electrons. The van der Waals surface area contributed by atoms with Crippen LogP contribution in [-0.2, 0) is 19.9 Å². The Labute approximate surface area is 281 Å². The standard InChI is InChI=1S/C21H27N2.C12H11N2.C3H7O.2ClH.Ru/c1-14-9-16(3)20(17(4)10-14)22-7-8-23(13-22)21-18(5)11-15(2)12-19(21)6;1-3-9-5-6-10-4-2-8-14-12(10)11(9)13-7-1;1-3-4-2;;;/h9-13H,7-8H2,1-6H3;1-6,13H,7-8H2;2-3H2,1H3;2*1H;/q3*-1;;;+2/p-2. The molecule has 0 atom stereocenters. The van der Waals surface area contributed by atoms with Gasteiger partial charge >= 0.3 is 34.5 Å². The summed E-state index contributed by atoms with van der Waals surface area (Å²) < 4.78 is 4.29. The molecule has 0 spiro atoms. The number of halogens is 2. The third-order valence-corrected chi connectivity index (χ3v) is 7.50. The van der Waals surface area contributed by atoms with E-state index < -0.39 is 0 Å². The number of nitrogens with zero attached hydrogens (tertiary/aromatic N) is 3. The first-order valence-corrected chi connectivity index (χ1v) is 19.3. The van der Waals surface area contributed by atoms with Crippen LogP contribution in [0, 0.1) is 55.3 Å². The fourth-order valence-electron chi connectivity index (χ4n) is 6.01. The van der Waals surface area contributed by atoms with Crippen LogP contribution in [0.15, 0.2) is 48.6 Å². The normalized spacial score (nSPS) is 14.1. The van der Waals surface area contributed by atoms with Crippen molar-refractivity contribution < 1.29 is 19.9 Å². The van der Waals surface area contributed by atoms with Crippen molar-refractivity contribution in [3.63, 3.8) is 0 Å². The van der Waals surface area contributed by atoms with Gasteiger partial charge in [0.1, 0.15) is 0 Å². The topological polar surface area (TPSA) is 41.8 Å². The average molecular weight is 722 g/mol. The molecule has 0 aromatic heterocycles. The van der Waals surface area contributed by atoms with Crippen LogP contribution in [0.3, 0.4) is 0 Å². The van der Waals surface area contributed by atoms with Crippen molar-refractivity contribution in [3.05, 3.63) is 112 Å². The van der Waals surface area contributed by atoms with Crippen LogP contribution >= 0.6 is 19.4 Å². The summed E-state index contributed by atoms with van der Waals surface area (Å²) in [5, 5.41) is 7.90. The first-order chi connectivity index (χ1) is 21.1. The predicted molar refractivity (Wildman–Crippen MR) is 190 cm³/mol. The third-order valence-electron chi connectivity index (χ3n) is 7.50. The molecule has 3 aromatic rings. The van der Waals surface area contributed by atoms with Crippen LogP contribution < -0.4 is 15.1 Å². The van der Waals surface area contributed by atoms with Gasteiger partial charge in [-0.2, -0.15) is 6.67 Å². The van der Waals surface area contributed by atoms with Crippen molar-refractivity contribution in [2.75, 3.05) is 47.9 Å². The monoisotopic (exact) mass is 721 g/mol. The van der Waals surface area contributed by atoms with E-state index in [4.69, 9.17) is 19.4 Å². The second kappa shape index (κ2) is 17.9. The summed E-state index contributed by atoms with van der Waals surface area (Å²) in [5.41, 5.74) is 15.6. The molecule has 5 nitrogen and oxygen atoms in total. The Balaban J connectivity index is 0.000000212. The number of hydrogen-bond donors (Lipinski definition) is 1. The van der Waals surface area contributed by atoms with E-state index in [0.717, 1.165) is 31.9 Å². The van der Waals surface area contributed by atoms with E-state index in [1.807, 2.05) is 6.92 Å². The summed E-state index contributed by atoms with van der Waals surface area (Å²) >= 11 is -0.346. The van der Waals surface area contributed by atoms with E-state index in [0.29, 0.717) is 6.61 Å². The molecule has 0 aliphatic carbocycles. The Hall–Kier alpha value is -2.50. The second-order valence-electron chi connectivity index (χ2n) is 11.0. The van der Waals surface area contributed by atoms with Crippen LogP contribution in [-0.4, -0.2) is 32.8 Å². The number of fused-ring (bicyclic) bond motifs is 3.